The molecule has 5 rings (SSSR count). The van der Waals surface area contributed by atoms with Crippen molar-refractivity contribution in [2.75, 3.05) is 17.8 Å². The fourth-order valence-electron chi connectivity index (χ4n) is 4.74. The van der Waals surface area contributed by atoms with Gasteiger partial charge in [0.2, 0.25) is 17.7 Å². The third-order valence-electron chi connectivity index (χ3n) is 6.79. The molecule has 1 aromatic carbocycles. The number of nitrogens with zero attached hydrogens (tertiary/aromatic N) is 7. The average molecular weight is 565 g/mol. The van der Waals surface area contributed by atoms with Crippen LogP contribution in [0.5, 0.6) is 5.88 Å². The average Bonchev–Trinajstić information content (AvgIpc) is 3.43. The van der Waals surface area contributed by atoms with Crippen LogP contribution in [-0.4, -0.2) is 67.9 Å². The minimum atomic E-state index is -3.97. The van der Waals surface area contributed by atoms with E-state index in [1.165, 1.54) is 17.1 Å². The van der Waals surface area contributed by atoms with E-state index in [9.17, 15) is 13.2 Å². The van der Waals surface area contributed by atoms with Gasteiger partial charge in [0, 0.05) is 43.5 Å². The van der Waals surface area contributed by atoms with Gasteiger partial charge in [0.25, 0.3) is 10.0 Å². The van der Waals surface area contributed by atoms with Crippen LogP contribution in [0, 0.1) is 27.7 Å². The quantitative estimate of drug-likeness (QED) is 0.328. The topological polar surface area (TPSA) is 137 Å². The van der Waals surface area contributed by atoms with E-state index >= 15 is 0 Å². The minimum absolute atomic E-state index is 0.00726. The fourth-order valence-corrected chi connectivity index (χ4v) is 5.67. The second-order valence-corrected chi connectivity index (χ2v) is 11.8. The van der Waals surface area contributed by atoms with E-state index in [0.29, 0.717) is 31.7 Å². The highest BCUT2D eigenvalue weighted by atomic mass is 32.2. The number of likely N-dealkylation sites (tertiary alicyclic amines) is 1. The molecule has 1 aliphatic heterocycles. The number of carbonyl (C=O) groups excluding carboxylic acids is 1. The normalized spacial score (nSPS) is 13.8. The lowest BCUT2D eigenvalue weighted by Gasteiger charge is -2.38. The molecule has 0 atom stereocenters. The summed E-state index contributed by atoms with van der Waals surface area (Å²) in [5.74, 6) is 0.128. The smallest absolute Gasteiger partial charge is 0.267 e. The number of hydrogen-bond donors (Lipinski definition) is 1. The molecule has 3 aromatic heterocycles. The molecule has 12 nitrogen and oxygen atoms in total. The zero-order valence-electron chi connectivity index (χ0n) is 23.1. The first-order chi connectivity index (χ1) is 19.0. The van der Waals surface area contributed by atoms with Crippen LogP contribution in [-0.2, 0) is 28.4 Å². The first-order valence-electron chi connectivity index (χ1n) is 12.9. The van der Waals surface area contributed by atoms with Crippen molar-refractivity contribution in [3.8, 4) is 17.1 Å². The summed E-state index contributed by atoms with van der Waals surface area (Å²) in [6, 6.07) is 9.56. The van der Waals surface area contributed by atoms with Gasteiger partial charge < -0.3 is 9.64 Å². The van der Waals surface area contributed by atoms with Crippen molar-refractivity contribution >= 4 is 21.9 Å². The third kappa shape index (κ3) is 5.83. The molecule has 1 N–H and O–H groups in total. The molecule has 4 heterocycles. The molecule has 0 unspecified atom stereocenters. The van der Waals surface area contributed by atoms with Gasteiger partial charge in [-0.25, -0.2) is 18.1 Å². The van der Waals surface area contributed by atoms with Crippen LogP contribution < -0.4 is 9.46 Å². The zero-order valence-corrected chi connectivity index (χ0v) is 23.9. The van der Waals surface area contributed by atoms with Crippen molar-refractivity contribution in [2.24, 2.45) is 7.05 Å². The molecule has 0 radical (unpaired) electrons. The predicted molar refractivity (Wildman–Crippen MR) is 148 cm³/mol. The summed E-state index contributed by atoms with van der Waals surface area (Å²) in [7, 11) is -2.34. The summed E-state index contributed by atoms with van der Waals surface area (Å²) in [5.41, 5.74) is 5.30. The maximum absolute atomic E-state index is 13.0. The second-order valence-electron chi connectivity index (χ2n) is 10.1. The number of amides is 1. The summed E-state index contributed by atoms with van der Waals surface area (Å²) in [5, 5.41) is 8.35. The molecule has 210 valence electrons. The number of aromatic nitrogens is 6. The van der Waals surface area contributed by atoms with Crippen molar-refractivity contribution in [1.29, 1.82) is 0 Å². The third-order valence-corrected chi connectivity index (χ3v) is 8.07. The summed E-state index contributed by atoms with van der Waals surface area (Å²) in [6.45, 7) is 9.17. The molecule has 0 spiro atoms. The molecule has 1 saturated heterocycles. The van der Waals surface area contributed by atoms with Crippen molar-refractivity contribution in [1.82, 2.24) is 34.4 Å². The molecular formula is C27H32N8O4S. The molecular weight excluding hydrogens is 532 g/mol. The van der Waals surface area contributed by atoms with E-state index in [1.807, 2.05) is 56.6 Å². The van der Waals surface area contributed by atoms with Crippen molar-refractivity contribution < 1.29 is 17.9 Å². The van der Waals surface area contributed by atoms with Crippen LogP contribution in [0.3, 0.4) is 0 Å². The monoisotopic (exact) mass is 564 g/mol. The number of aryl methyl sites for hydroxylation is 6. The minimum Gasteiger partial charge on any atom is -0.470 e. The van der Waals surface area contributed by atoms with Gasteiger partial charge in [-0.3, -0.25) is 14.2 Å². The van der Waals surface area contributed by atoms with Crippen molar-refractivity contribution in [2.45, 2.75) is 51.7 Å². The summed E-state index contributed by atoms with van der Waals surface area (Å²) in [6.07, 6.45) is 2.72. The number of anilines is 1. The van der Waals surface area contributed by atoms with E-state index in [2.05, 4.69) is 24.9 Å². The number of hydrogen-bond acceptors (Lipinski definition) is 8. The van der Waals surface area contributed by atoms with Gasteiger partial charge in [-0.15, -0.1) is 0 Å². The lowest BCUT2D eigenvalue weighted by molar-refractivity contribution is -0.140. The maximum Gasteiger partial charge on any atom is 0.267 e. The Labute approximate surface area is 233 Å². The number of sulfonamides is 1. The lowest BCUT2D eigenvalue weighted by atomic mass is 10.00. The Hall–Kier alpha value is -4.26. The van der Waals surface area contributed by atoms with Crippen LogP contribution in [0.15, 0.2) is 47.6 Å². The maximum atomic E-state index is 13.0. The first kappa shape index (κ1) is 27.3. The Morgan fingerprint density at radius 1 is 1.10 bits per heavy atom. The summed E-state index contributed by atoms with van der Waals surface area (Å²) in [4.78, 5) is 23.3. The van der Waals surface area contributed by atoms with Crippen LogP contribution >= 0.6 is 0 Å². The highest BCUT2D eigenvalue weighted by Crippen LogP contribution is 2.30. The highest BCUT2D eigenvalue weighted by molar-refractivity contribution is 7.92. The molecule has 4 aromatic rings. The Morgan fingerprint density at radius 2 is 1.82 bits per heavy atom. The van der Waals surface area contributed by atoms with Crippen LogP contribution in [0.25, 0.3) is 11.3 Å². The zero-order chi connectivity index (χ0) is 28.6. The Morgan fingerprint density at radius 3 is 2.45 bits per heavy atom. The Kier molecular flexibility index (Phi) is 7.32. The van der Waals surface area contributed by atoms with Crippen molar-refractivity contribution in [3.63, 3.8) is 0 Å². The van der Waals surface area contributed by atoms with Gasteiger partial charge >= 0.3 is 0 Å². The van der Waals surface area contributed by atoms with Crippen LogP contribution in [0.4, 0.5) is 5.95 Å². The van der Waals surface area contributed by atoms with E-state index < -0.39 is 10.0 Å². The number of nitrogens with one attached hydrogen (secondary N) is 1. The van der Waals surface area contributed by atoms with Crippen LogP contribution in [0.2, 0.25) is 0 Å². The number of rotatable bonds is 9. The summed E-state index contributed by atoms with van der Waals surface area (Å²) >= 11 is 0. The molecule has 1 amide bonds. The van der Waals surface area contributed by atoms with E-state index in [1.54, 1.807) is 18.0 Å². The molecule has 13 heteroatoms. The van der Waals surface area contributed by atoms with Gasteiger partial charge in [-0.1, -0.05) is 18.2 Å². The highest BCUT2D eigenvalue weighted by Gasteiger charge is 2.33. The Balaban J connectivity index is 1.32. The van der Waals surface area contributed by atoms with Gasteiger partial charge in [0.05, 0.1) is 30.7 Å². The SMILES string of the molecule is Cc1cc(C)n(CCC(=O)N2CC(Oc3cc(-c4c(C)cccc4C)nc(NS(=O)(=O)c4cnn(C)c4)n3)C2)n1. The Bertz CT molecular complexity index is 1650. The predicted octanol–water partition coefficient (Wildman–Crippen LogP) is 2.79. The van der Waals surface area contributed by atoms with E-state index in [-0.39, 0.29) is 28.7 Å². The van der Waals surface area contributed by atoms with Gasteiger partial charge in [0.1, 0.15) is 11.0 Å². The van der Waals surface area contributed by atoms with E-state index in [0.717, 1.165) is 28.1 Å². The first-order valence-corrected chi connectivity index (χ1v) is 14.4. The fraction of sp³-hybridized carbons (Fsp3) is 0.370. The number of carbonyl (C=O) groups is 1. The number of ether oxygens (including phenoxy) is 1. The second kappa shape index (κ2) is 10.7. The summed E-state index contributed by atoms with van der Waals surface area (Å²) < 4.78 is 37.7. The molecule has 0 aliphatic carbocycles. The van der Waals surface area contributed by atoms with Gasteiger partial charge in [-0.2, -0.15) is 15.2 Å². The van der Waals surface area contributed by atoms with Gasteiger partial charge in [0.15, 0.2) is 0 Å². The molecule has 1 fully saturated rings. The molecule has 1 aliphatic rings. The standard InChI is InChI=1S/C27H32N8O4S/c1-17-7-6-8-18(2)26(17)23-12-24(30-27(29-23)32-40(37,38)22-13-28-33(5)16-22)39-21-14-34(15-21)25(36)9-10-35-20(4)11-19(3)31-35/h6-8,11-13,16,21H,9-10,14-15H2,1-5H3,(H,29,30,32). The number of benzene rings is 1. The van der Waals surface area contributed by atoms with E-state index in [4.69, 9.17) is 4.74 Å². The molecule has 0 saturated carbocycles. The molecule has 40 heavy (non-hydrogen) atoms. The van der Waals surface area contributed by atoms with Crippen LogP contribution in [0.1, 0.15) is 28.9 Å². The van der Waals surface area contributed by atoms with Gasteiger partial charge in [-0.05, 0) is 44.9 Å². The van der Waals surface area contributed by atoms with Crippen molar-refractivity contribution in [3.05, 3.63) is 65.2 Å². The lowest BCUT2D eigenvalue weighted by Crippen LogP contribution is -2.56. The largest absolute Gasteiger partial charge is 0.470 e. The molecule has 0 bridgehead atoms.